The van der Waals surface area contributed by atoms with E-state index in [2.05, 4.69) is 10.3 Å². The number of carboxylic acid groups (broad SMARTS) is 1. The zero-order valence-electron chi connectivity index (χ0n) is 16.7. The first-order chi connectivity index (χ1) is 13.0. The third-order valence-corrected chi connectivity index (χ3v) is 4.55. The van der Waals surface area contributed by atoms with Gasteiger partial charge in [0.2, 0.25) is 0 Å². The Morgan fingerprint density at radius 3 is 2.61 bits per heavy atom. The van der Waals surface area contributed by atoms with E-state index in [4.69, 9.17) is 4.74 Å². The second-order valence-corrected chi connectivity index (χ2v) is 7.99. The number of alkyl carbamates (subject to hydrolysis) is 1. The molecule has 0 spiro atoms. The predicted molar refractivity (Wildman–Crippen MR) is 102 cm³/mol. The van der Waals surface area contributed by atoms with Crippen LogP contribution in [0.4, 0.5) is 4.79 Å². The van der Waals surface area contributed by atoms with Crippen molar-refractivity contribution in [2.75, 3.05) is 19.6 Å². The van der Waals surface area contributed by atoms with Gasteiger partial charge in [-0.1, -0.05) is 0 Å². The Hall–Kier alpha value is -2.62. The van der Waals surface area contributed by atoms with Crippen LogP contribution in [0.25, 0.3) is 0 Å². The zero-order valence-corrected chi connectivity index (χ0v) is 16.7. The van der Waals surface area contributed by atoms with Crippen molar-refractivity contribution in [3.05, 3.63) is 32.6 Å². The van der Waals surface area contributed by atoms with E-state index >= 15 is 0 Å². The number of amides is 1. The maximum Gasteiger partial charge on any atom is 0.407 e. The first-order valence-electron chi connectivity index (χ1n) is 9.23. The van der Waals surface area contributed by atoms with E-state index in [1.54, 1.807) is 32.6 Å². The third-order valence-electron chi connectivity index (χ3n) is 4.55. The van der Waals surface area contributed by atoms with Crippen molar-refractivity contribution in [1.29, 1.82) is 0 Å². The largest absolute Gasteiger partial charge is 0.480 e. The van der Waals surface area contributed by atoms with Crippen LogP contribution in [0.15, 0.2) is 15.8 Å². The van der Waals surface area contributed by atoms with Crippen molar-refractivity contribution in [2.45, 2.75) is 58.2 Å². The van der Waals surface area contributed by atoms with Crippen LogP contribution >= 0.6 is 0 Å². The van der Waals surface area contributed by atoms with Crippen LogP contribution in [0.1, 0.15) is 45.2 Å². The number of ether oxygens (including phenoxy) is 1. The van der Waals surface area contributed by atoms with Crippen molar-refractivity contribution in [3.63, 3.8) is 0 Å². The van der Waals surface area contributed by atoms with Gasteiger partial charge in [-0.3, -0.25) is 24.0 Å². The SMILES string of the molecule is Cc1cn(C2CC[C@@H](C(=O)O)N(CCNC(=O)OC(C)(C)C)C2)c(=O)[nH]c1=O. The summed E-state index contributed by atoms with van der Waals surface area (Å²) in [4.78, 5) is 51.1. The van der Waals surface area contributed by atoms with Crippen LogP contribution in [0.2, 0.25) is 0 Å². The van der Waals surface area contributed by atoms with Gasteiger partial charge in [0.25, 0.3) is 5.56 Å². The molecular formula is C18H28N4O6. The van der Waals surface area contributed by atoms with Crippen LogP contribution in [-0.4, -0.2) is 62.9 Å². The van der Waals surface area contributed by atoms with Gasteiger partial charge < -0.3 is 15.2 Å². The number of aliphatic carboxylic acids is 1. The molecule has 0 radical (unpaired) electrons. The molecule has 1 unspecified atom stereocenters. The van der Waals surface area contributed by atoms with Crippen LogP contribution in [0, 0.1) is 6.92 Å². The number of aromatic nitrogens is 2. The molecule has 2 atom stereocenters. The van der Waals surface area contributed by atoms with Gasteiger partial charge in [0, 0.05) is 31.4 Å². The molecule has 0 bridgehead atoms. The Morgan fingerprint density at radius 2 is 2.00 bits per heavy atom. The fourth-order valence-electron chi connectivity index (χ4n) is 3.25. The normalized spacial score (nSPS) is 20.6. The Kier molecular flexibility index (Phi) is 6.65. The van der Waals surface area contributed by atoms with Crippen LogP contribution in [0.5, 0.6) is 0 Å². The molecule has 0 saturated carbocycles. The molecule has 1 saturated heterocycles. The van der Waals surface area contributed by atoms with E-state index in [1.807, 2.05) is 0 Å². The number of hydrogen-bond donors (Lipinski definition) is 3. The summed E-state index contributed by atoms with van der Waals surface area (Å²) in [6, 6.07) is -0.962. The van der Waals surface area contributed by atoms with Gasteiger partial charge in [0.1, 0.15) is 11.6 Å². The van der Waals surface area contributed by atoms with E-state index in [0.29, 0.717) is 31.5 Å². The number of carbonyl (C=O) groups excluding carboxylic acids is 1. The van der Waals surface area contributed by atoms with Crippen LogP contribution in [0.3, 0.4) is 0 Å². The lowest BCUT2D eigenvalue weighted by molar-refractivity contribution is -0.145. The molecule has 1 aromatic rings. The van der Waals surface area contributed by atoms with Gasteiger partial charge in [0.15, 0.2) is 0 Å². The molecule has 156 valence electrons. The van der Waals surface area contributed by atoms with Gasteiger partial charge in [-0.05, 0) is 40.5 Å². The van der Waals surface area contributed by atoms with E-state index in [-0.39, 0.29) is 12.6 Å². The smallest absolute Gasteiger partial charge is 0.407 e. The number of H-pyrrole nitrogens is 1. The topological polar surface area (TPSA) is 134 Å². The Morgan fingerprint density at radius 1 is 1.32 bits per heavy atom. The molecule has 1 aliphatic heterocycles. The highest BCUT2D eigenvalue weighted by atomic mass is 16.6. The van der Waals surface area contributed by atoms with E-state index in [9.17, 15) is 24.3 Å². The second-order valence-electron chi connectivity index (χ2n) is 7.99. The number of hydrogen-bond acceptors (Lipinski definition) is 6. The van der Waals surface area contributed by atoms with E-state index in [1.165, 1.54) is 10.8 Å². The van der Waals surface area contributed by atoms with Gasteiger partial charge in [-0.15, -0.1) is 0 Å². The zero-order chi connectivity index (χ0) is 21.1. The van der Waals surface area contributed by atoms with Crippen molar-refractivity contribution in [3.8, 4) is 0 Å². The second kappa shape index (κ2) is 8.59. The number of carbonyl (C=O) groups is 2. The molecule has 0 aliphatic carbocycles. The molecule has 0 aromatic carbocycles. The van der Waals surface area contributed by atoms with E-state index in [0.717, 1.165) is 0 Å². The quantitative estimate of drug-likeness (QED) is 0.658. The number of aromatic amines is 1. The highest BCUT2D eigenvalue weighted by Gasteiger charge is 2.34. The molecule has 1 fully saturated rings. The number of rotatable bonds is 5. The fourth-order valence-corrected chi connectivity index (χ4v) is 3.25. The Bertz CT molecular complexity index is 838. The van der Waals surface area contributed by atoms with Crippen molar-refractivity contribution < 1.29 is 19.4 Å². The summed E-state index contributed by atoms with van der Waals surface area (Å²) in [6.07, 6.45) is 1.79. The van der Waals surface area contributed by atoms with Gasteiger partial charge in [0.05, 0.1) is 6.04 Å². The molecule has 1 amide bonds. The van der Waals surface area contributed by atoms with Crippen molar-refractivity contribution >= 4 is 12.1 Å². The number of piperidine rings is 1. The molecule has 2 rings (SSSR count). The molecular weight excluding hydrogens is 368 g/mol. The van der Waals surface area contributed by atoms with Gasteiger partial charge in [-0.25, -0.2) is 9.59 Å². The van der Waals surface area contributed by atoms with Crippen molar-refractivity contribution in [2.24, 2.45) is 0 Å². The average molecular weight is 396 g/mol. The minimum absolute atomic E-state index is 0.213. The third kappa shape index (κ3) is 5.69. The number of nitrogens with zero attached hydrogens (tertiary/aromatic N) is 2. The van der Waals surface area contributed by atoms with Crippen molar-refractivity contribution in [1.82, 2.24) is 19.8 Å². The number of carboxylic acids is 1. The predicted octanol–water partition coefficient (Wildman–Crippen LogP) is 0.460. The standard InChI is InChI=1S/C18H28N4O6/c1-11-9-22(16(26)20-14(11)23)12-5-6-13(15(24)25)21(10-12)8-7-19-17(27)28-18(2,3)4/h9,12-13H,5-8,10H2,1-4H3,(H,19,27)(H,24,25)(H,20,23,26)/t12?,13-/m0/s1. The van der Waals surface area contributed by atoms with Gasteiger partial charge in [-0.2, -0.15) is 0 Å². The highest BCUT2D eigenvalue weighted by molar-refractivity contribution is 5.73. The first kappa shape index (κ1) is 21.7. The number of nitrogens with one attached hydrogen (secondary N) is 2. The summed E-state index contributed by atoms with van der Waals surface area (Å²) >= 11 is 0. The lowest BCUT2D eigenvalue weighted by atomic mass is 9.98. The molecule has 3 N–H and O–H groups in total. The summed E-state index contributed by atoms with van der Waals surface area (Å²) in [5, 5.41) is 12.1. The van der Waals surface area contributed by atoms with Crippen LogP contribution in [-0.2, 0) is 9.53 Å². The fraction of sp³-hybridized carbons (Fsp3) is 0.667. The summed E-state index contributed by atoms with van der Waals surface area (Å²) in [6.45, 7) is 7.71. The highest BCUT2D eigenvalue weighted by Crippen LogP contribution is 2.24. The summed E-state index contributed by atoms with van der Waals surface area (Å²) in [7, 11) is 0. The number of likely N-dealkylation sites (tertiary alicyclic amines) is 1. The maximum absolute atomic E-state index is 12.1. The summed E-state index contributed by atoms with van der Waals surface area (Å²) < 4.78 is 6.62. The monoisotopic (exact) mass is 396 g/mol. The molecule has 28 heavy (non-hydrogen) atoms. The van der Waals surface area contributed by atoms with Crippen LogP contribution < -0.4 is 16.6 Å². The summed E-state index contributed by atoms with van der Waals surface area (Å²) in [5.41, 5.74) is -1.15. The molecule has 1 aromatic heterocycles. The first-order valence-corrected chi connectivity index (χ1v) is 9.23. The summed E-state index contributed by atoms with van der Waals surface area (Å²) in [5.74, 6) is -0.944. The average Bonchev–Trinajstić information content (AvgIpc) is 2.56. The lowest BCUT2D eigenvalue weighted by Crippen LogP contribution is -2.52. The number of aryl methyl sites for hydroxylation is 1. The molecule has 10 nitrogen and oxygen atoms in total. The maximum atomic E-state index is 12.1. The minimum Gasteiger partial charge on any atom is -0.480 e. The minimum atomic E-state index is -0.944. The Labute approximate surface area is 162 Å². The molecule has 2 heterocycles. The van der Waals surface area contributed by atoms with E-state index < -0.39 is 35.0 Å². The van der Waals surface area contributed by atoms with Gasteiger partial charge >= 0.3 is 17.8 Å². The molecule has 10 heteroatoms. The molecule has 1 aliphatic rings. The Balaban J connectivity index is 2.07. The lowest BCUT2D eigenvalue weighted by Gasteiger charge is -2.38.